The van der Waals surface area contributed by atoms with Crippen molar-refractivity contribution in [1.29, 1.82) is 0 Å². The molecule has 4 rings (SSSR count). The highest BCUT2D eigenvalue weighted by molar-refractivity contribution is 6.12. The summed E-state index contributed by atoms with van der Waals surface area (Å²) in [5.74, 6) is 1.95. The minimum absolute atomic E-state index is 0.207. The maximum absolute atomic E-state index is 13.0. The predicted molar refractivity (Wildman–Crippen MR) is 134 cm³/mol. The Kier molecular flexibility index (Phi) is 6.88. The summed E-state index contributed by atoms with van der Waals surface area (Å²) in [5.41, 5.74) is 2.54. The first-order valence-electron chi connectivity index (χ1n) is 11.1. The minimum Gasteiger partial charge on any atom is -0.457 e. The standard InChI is InChI=1S/C30H24O5/c1-19-4-8-26(9-5-19)34-28-12-14-29(15-13-28)35-27-10-6-22(7-11-27)30(33)25-17-23(20(2)31)16-24(18-25)21(3)32/h4-18H,1-3H3. The third kappa shape index (κ3) is 5.89. The van der Waals surface area contributed by atoms with E-state index in [1.807, 2.05) is 43.3 Å². The highest BCUT2D eigenvalue weighted by Gasteiger charge is 2.15. The first kappa shape index (κ1) is 23.6. The van der Waals surface area contributed by atoms with Crippen LogP contribution < -0.4 is 9.47 Å². The number of carbonyl (C=O) groups is 3. The van der Waals surface area contributed by atoms with E-state index in [2.05, 4.69) is 0 Å². The zero-order valence-electron chi connectivity index (χ0n) is 19.7. The largest absolute Gasteiger partial charge is 0.457 e. The molecule has 0 aliphatic carbocycles. The van der Waals surface area contributed by atoms with Gasteiger partial charge < -0.3 is 9.47 Å². The van der Waals surface area contributed by atoms with Crippen molar-refractivity contribution in [2.75, 3.05) is 0 Å². The number of hydrogen-bond acceptors (Lipinski definition) is 5. The summed E-state index contributed by atoms with van der Waals surface area (Å²) in [5, 5.41) is 0. The SMILES string of the molecule is CC(=O)c1cc(C(C)=O)cc(C(=O)c2ccc(Oc3ccc(Oc4ccc(C)cc4)cc3)cc2)c1. The van der Waals surface area contributed by atoms with E-state index < -0.39 is 0 Å². The van der Waals surface area contributed by atoms with Gasteiger partial charge in [-0.05, 0) is 99.6 Å². The number of ether oxygens (including phenoxy) is 2. The average molecular weight is 465 g/mol. The molecular formula is C30H24O5. The third-order valence-corrected chi connectivity index (χ3v) is 5.44. The van der Waals surface area contributed by atoms with E-state index in [1.54, 1.807) is 36.4 Å². The van der Waals surface area contributed by atoms with Crippen LogP contribution in [0.25, 0.3) is 0 Å². The Morgan fingerprint density at radius 2 is 0.829 bits per heavy atom. The van der Waals surface area contributed by atoms with Crippen molar-refractivity contribution < 1.29 is 23.9 Å². The number of rotatable bonds is 8. The molecule has 5 nitrogen and oxygen atoms in total. The van der Waals surface area contributed by atoms with Crippen molar-refractivity contribution >= 4 is 17.3 Å². The maximum Gasteiger partial charge on any atom is 0.193 e. The molecule has 0 atom stereocenters. The molecule has 4 aromatic rings. The van der Waals surface area contributed by atoms with E-state index in [0.29, 0.717) is 39.5 Å². The summed E-state index contributed by atoms with van der Waals surface area (Å²) in [7, 11) is 0. The van der Waals surface area contributed by atoms with Gasteiger partial charge >= 0.3 is 0 Å². The van der Waals surface area contributed by atoms with Crippen LogP contribution in [0.15, 0.2) is 91.0 Å². The van der Waals surface area contributed by atoms with E-state index in [4.69, 9.17) is 9.47 Å². The normalized spacial score (nSPS) is 10.5. The van der Waals surface area contributed by atoms with E-state index in [1.165, 1.54) is 37.6 Å². The van der Waals surface area contributed by atoms with Gasteiger partial charge in [0.1, 0.15) is 23.0 Å². The third-order valence-electron chi connectivity index (χ3n) is 5.44. The summed E-state index contributed by atoms with van der Waals surface area (Å²) >= 11 is 0. The van der Waals surface area contributed by atoms with Crippen molar-refractivity contribution in [1.82, 2.24) is 0 Å². The Labute approximate surface area is 204 Å². The van der Waals surface area contributed by atoms with Gasteiger partial charge in [0.05, 0.1) is 0 Å². The minimum atomic E-state index is -0.278. The van der Waals surface area contributed by atoms with E-state index in [0.717, 1.165) is 5.75 Å². The molecule has 0 unspecified atom stereocenters. The van der Waals surface area contributed by atoms with Crippen molar-refractivity contribution in [2.45, 2.75) is 20.8 Å². The van der Waals surface area contributed by atoms with Crippen LogP contribution in [0.2, 0.25) is 0 Å². The van der Waals surface area contributed by atoms with Crippen LogP contribution in [0.3, 0.4) is 0 Å². The molecule has 0 amide bonds. The van der Waals surface area contributed by atoms with E-state index in [-0.39, 0.29) is 17.3 Å². The first-order chi connectivity index (χ1) is 16.8. The van der Waals surface area contributed by atoms with E-state index in [9.17, 15) is 14.4 Å². The molecule has 0 saturated carbocycles. The highest BCUT2D eigenvalue weighted by Crippen LogP contribution is 2.27. The molecule has 35 heavy (non-hydrogen) atoms. The molecule has 0 heterocycles. The molecule has 0 fully saturated rings. The Hall–Kier alpha value is -4.51. The Bertz CT molecular complexity index is 1350. The van der Waals surface area contributed by atoms with Crippen LogP contribution in [0, 0.1) is 6.92 Å². The molecule has 4 aromatic carbocycles. The summed E-state index contributed by atoms with van der Waals surface area (Å²) in [6.45, 7) is 4.83. The second-order valence-corrected chi connectivity index (χ2v) is 8.25. The van der Waals surface area contributed by atoms with Crippen molar-refractivity contribution in [3.05, 3.63) is 119 Å². The van der Waals surface area contributed by atoms with Crippen molar-refractivity contribution in [3.8, 4) is 23.0 Å². The van der Waals surface area contributed by atoms with Gasteiger partial charge in [-0.25, -0.2) is 0 Å². The topological polar surface area (TPSA) is 69.7 Å². The van der Waals surface area contributed by atoms with Gasteiger partial charge in [0, 0.05) is 22.3 Å². The molecule has 0 radical (unpaired) electrons. The summed E-state index contributed by atoms with van der Waals surface area (Å²) in [4.78, 5) is 36.6. The van der Waals surface area contributed by atoms with Crippen molar-refractivity contribution in [2.24, 2.45) is 0 Å². The number of ketones is 3. The molecule has 174 valence electrons. The number of hydrogen-bond donors (Lipinski definition) is 0. The van der Waals surface area contributed by atoms with Gasteiger partial charge in [0.2, 0.25) is 0 Å². The van der Waals surface area contributed by atoms with Crippen LogP contribution >= 0.6 is 0 Å². The lowest BCUT2D eigenvalue weighted by Gasteiger charge is -2.10. The van der Waals surface area contributed by atoms with Gasteiger partial charge in [-0.15, -0.1) is 0 Å². The van der Waals surface area contributed by atoms with E-state index >= 15 is 0 Å². The fourth-order valence-corrected chi connectivity index (χ4v) is 3.46. The smallest absolute Gasteiger partial charge is 0.193 e. The lowest BCUT2D eigenvalue weighted by molar-refractivity contribution is 0.101. The summed E-state index contributed by atoms with van der Waals surface area (Å²) in [6.07, 6.45) is 0. The number of aryl methyl sites for hydroxylation is 1. The van der Waals surface area contributed by atoms with Gasteiger partial charge in [0.15, 0.2) is 17.3 Å². The molecule has 0 N–H and O–H groups in total. The lowest BCUT2D eigenvalue weighted by atomic mass is 9.96. The molecule has 0 aliphatic rings. The second-order valence-electron chi connectivity index (χ2n) is 8.25. The van der Waals surface area contributed by atoms with Gasteiger partial charge in [-0.1, -0.05) is 17.7 Å². The predicted octanol–water partition coefficient (Wildman–Crippen LogP) is 7.22. The van der Waals surface area contributed by atoms with Gasteiger partial charge in [0.25, 0.3) is 0 Å². The lowest BCUT2D eigenvalue weighted by Crippen LogP contribution is -2.07. The van der Waals surface area contributed by atoms with Crippen LogP contribution in [-0.4, -0.2) is 17.3 Å². The number of Topliss-reactive ketones (excluding diaryl/α,β-unsaturated/α-hetero) is 2. The Morgan fingerprint density at radius 3 is 1.23 bits per heavy atom. The summed E-state index contributed by atoms with van der Waals surface area (Å²) in [6, 6.07) is 26.3. The van der Waals surface area contributed by atoms with Crippen LogP contribution in [-0.2, 0) is 0 Å². The first-order valence-corrected chi connectivity index (χ1v) is 11.1. The van der Waals surface area contributed by atoms with Crippen LogP contribution in [0.1, 0.15) is 56.0 Å². The molecular weight excluding hydrogens is 440 g/mol. The molecule has 0 aliphatic heterocycles. The zero-order valence-corrected chi connectivity index (χ0v) is 19.7. The quantitative estimate of drug-likeness (QED) is 0.258. The molecule has 5 heteroatoms. The second kappa shape index (κ2) is 10.2. The van der Waals surface area contributed by atoms with Gasteiger partial charge in [-0.2, -0.15) is 0 Å². The molecule has 0 spiro atoms. The van der Waals surface area contributed by atoms with Crippen LogP contribution in [0.4, 0.5) is 0 Å². The Balaban J connectivity index is 1.45. The molecule has 0 aromatic heterocycles. The number of benzene rings is 4. The monoisotopic (exact) mass is 464 g/mol. The van der Waals surface area contributed by atoms with Crippen molar-refractivity contribution in [3.63, 3.8) is 0 Å². The Morgan fingerprint density at radius 1 is 0.486 bits per heavy atom. The van der Waals surface area contributed by atoms with Crippen LogP contribution in [0.5, 0.6) is 23.0 Å². The molecule has 0 saturated heterocycles. The zero-order chi connectivity index (χ0) is 24.9. The van der Waals surface area contributed by atoms with Gasteiger partial charge in [-0.3, -0.25) is 14.4 Å². The average Bonchev–Trinajstić information content (AvgIpc) is 2.86. The highest BCUT2D eigenvalue weighted by atomic mass is 16.5. The summed E-state index contributed by atoms with van der Waals surface area (Å²) < 4.78 is 11.7. The number of carbonyl (C=O) groups excluding carboxylic acids is 3. The maximum atomic E-state index is 13.0. The fraction of sp³-hybridized carbons (Fsp3) is 0.100. The molecule has 0 bridgehead atoms. The fourth-order valence-electron chi connectivity index (χ4n) is 3.46.